The van der Waals surface area contributed by atoms with E-state index in [0.717, 1.165) is 0 Å². The van der Waals surface area contributed by atoms with Crippen LogP contribution in [0, 0.1) is 5.41 Å². The van der Waals surface area contributed by atoms with Crippen LogP contribution < -0.4 is 19.5 Å². The fraction of sp³-hybridized carbons (Fsp3) is 0.346. The maximum Gasteiger partial charge on any atom is 0.472 e. The van der Waals surface area contributed by atoms with Gasteiger partial charge in [-0.1, -0.05) is 0 Å². The zero-order valence-electron chi connectivity index (χ0n) is 22.6. The predicted molar refractivity (Wildman–Crippen MR) is 144 cm³/mol. The molecule has 1 amide bonds. The highest BCUT2D eigenvalue weighted by Crippen LogP contribution is 3.00. The number of benzene rings is 2. The topological polar surface area (TPSA) is 168 Å². The van der Waals surface area contributed by atoms with Crippen molar-refractivity contribution in [3.8, 4) is 23.0 Å². The van der Waals surface area contributed by atoms with Gasteiger partial charge < -0.3 is 18.9 Å². The van der Waals surface area contributed by atoms with Crippen molar-refractivity contribution in [3.63, 3.8) is 0 Å². The van der Waals surface area contributed by atoms with E-state index in [1.165, 1.54) is 35.6 Å². The van der Waals surface area contributed by atoms with Gasteiger partial charge >= 0.3 is 25.1 Å². The molecule has 15 heteroatoms. The number of hydrogen-bond acceptors (Lipinski definition) is 13. The first-order chi connectivity index (χ1) is 19.3. The number of anilines is 1. The number of carbonyl (C=O) groups is 2. The van der Waals surface area contributed by atoms with Crippen LogP contribution in [0.2, 0.25) is 0 Å². The summed E-state index contributed by atoms with van der Waals surface area (Å²) in [6.07, 6.45) is 1.43. The Bertz CT molecular complexity index is 1490. The number of nitrogens with zero attached hydrogens (tertiary/aromatic N) is 1. The standard InChI is InChI=1S/C26H27N2O11PS/c1-15(2)33-19-12-16(21(29)28-23-27-10-11-41-23)13-20(14-19)34-17-6-8-18(9-7-17)35-25(37-31,26-38-40(26,32)39-26)36-22(30)24(3,4)5/h6-15,31H,1-5H3,(H,27,28,29). The fourth-order valence-corrected chi connectivity index (χ4v) is 5.71. The van der Waals surface area contributed by atoms with Crippen LogP contribution in [0.5, 0.6) is 23.0 Å². The number of nitrogens with one attached hydrogen (secondary N) is 1. The van der Waals surface area contributed by atoms with Gasteiger partial charge in [-0.05, 0) is 71.0 Å². The summed E-state index contributed by atoms with van der Waals surface area (Å²) in [4.78, 5) is 33.9. The maximum absolute atomic E-state index is 12.8. The van der Waals surface area contributed by atoms with E-state index in [2.05, 4.69) is 15.2 Å². The molecule has 2 fully saturated rings. The van der Waals surface area contributed by atoms with Crippen LogP contribution >= 0.6 is 18.9 Å². The summed E-state index contributed by atoms with van der Waals surface area (Å²) in [5.41, 5.74) is -2.80. The first-order valence-corrected chi connectivity index (χ1v) is 14.8. The van der Waals surface area contributed by atoms with E-state index < -0.39 is 36.4 Å². The first kappa shape index (κ1) is 29.0. The zero-order chi connectivity index (χ0) is 29.6. The lowest BCUT2D eigenvalue weighted by Gasteiger charge is -2.30. The number of thiazole rings is 1. The number of rotatable bonds is 11. The van der Waals surface area contributed by atoms with Crippen molar-refractivity contribution < 1.29 is 52.3 Å². The van der Waals surface area contributed by atoms with Gasteiger partial charge in [0.25, 0.3) is 5.91 Å². The summed E-state index contributed by atoms with van der Waals surface area (Å²) in [5, 5.41) is 14.6. The van der Waals surface area contributed by atoms with Crippen molar-refractivity contribution in [2.24, 2.45) is 5.41 Å². The molecule has 0 bridgehead atoms. The van der Waals surface area contributed by atoms with Crippen LogP contribution in [0.15, 0.2) is 54.0 Å². The largest absolute Gasteiger partial charge is 0.491 e. The number of ether oxygens (including phenoxy) is 4. The Balaban J connectivity index is 1.35. The highest BCUT2D eigenvalue weighted by molar-refractivity contribution is 7.68. The van der Waals surface area contributed by atoms with Crippen LogP contribution in [0.3, 0.4) is 0 Å². The molecule has 5 rings (SSSR count). The monoisotopic (exact) mass is 606 g/mol. The van der Waals surface area contributed by atoms with Crippen molar-refractivity contribution in [1.82, 2.24) is 4.98 Å². The van der Waals surface area contributed by atoms with Gasteiger partial charge in [0.15, 0.2) is 5.13 Å². The minimum atomic E-state index is -3.60. The van der Waals surface area contributed by atoms with Gasteiger partial charge in [0.05, 0.1) is 11.5 Å². The van der Waals surface area contributed by atoms with Gasteiger partial charge in [-0.15, -0.1) is 16.2 Å². The highest BCUT2D eigenvalue weighted by Gasteiger charge is 3.04. The molecule has 3 heterocycles. The molecule has 2 saturated heterocycles. The molecule has 13 nitrogen and oxygen atoms in total. The van der Waals surface area contributed by atoms with Gasteiger partial charge in [0, 0.05) is 23.2 Å². The van der Waals surface area contributed by atoms with Gasteiger partial charge in [0.2, 0.25) is 0 Å². The molecule has 1 aromatic heterocycles. The third-order valence-electron chi connectivity index (χ3n) is 5.61. The van der Waals surface area contributed by atoms with Crippen molar-refractivity contribution >= 4 is 35.9 Å². The average Bonchev–Trinajstić information content (AvgIpc) is 3.55. The van der Waals surface area contributed by atoms with E-state index in [4.69, 9.17) is 28.0 Å². The third-order valence-corrected chi connectivity index (χ3v) is 8.14. The molecule has 2 aromatic carbocycles. The Morgan fingerprint density at radius 3 is 2.22 bits per heavy atom. The Kier molecular flexibility index (Phi) is 7.35. The van der Waals surface area contributed by atoms with Crippen LogP contribution in [0.4, 0.5) is 5.13 Å². The molecule has 2 aliphatic heterocycles. The Hall–Kier alpha value is -3.52. The molecular formula is C26H27N2O11PS. The molecule has 1 atom stereocenters. The summed E-state index contributed by atoms with van der Waals surface area (Å²) in [5.74, 6) is -2.80. The molecule has 1 unspecified atom stereocenters. The number of fused-ring (bicyclic) bond motifs is 1. The molecule has 41 heavy (non-hydrogen) atoms. The molecule has 2 N–H and O–H groups in total. The highest BCUT2D eigenvalue weighted by atomic mass is 32.1. The molecule has 3 aromatic rings. The molecule has 0 aliphatic carbocycles. The smallest absolute Gasteiger partial charge is 0.472 e. The van der Waals surface area contributed by atoms with Gasteiger partial charge in [-0.3, -0.25) is 19.5 Å². The second-order valence-corrected chi connectivity index (χ2v) is 13.2. The molecule has 218 valence electrons. The van der Waals surface area contributed by atoms with Crippen LogP contribution in [0.1, 0.15) is 45.0 Å². The lowest BCUT2D eigenvalue weighted by atomic mass is 9.97. The van der Waals surface area contributed by atoms with E-state index in [0.29, 0.717) is 22.4 Å². The molecule has 0 spiro atoms. The second-order valence-electron chi connectivity index (χ2n) is 10.4. The minimum Gasteiger partial charge on any atom is -0.491 e. The Morgan fingerprint density at radius 2 is 1.68 bits per heavy atom. The quantitative estimate of drug-likeness (QED) is 0.0654. The maximum atomic E-state index is 12.8. The third kappa shape index (κ3) is 5.80. The van der Waals surface area contributed by atoms with Crippen molar-refractivity contribution in [3.05, 3.63) is 59.6 Å². The normalized spacial score (nSPS) is 22.2. The Labute approximate surface area is 238 Å². The van der Waals surface area contributed by atoms with Crippen LogP contribution in [-0.2, 0) is 28.0 Å². The van der Waals surface area contributed by atoms with Crippen molar-refractivity contribution in [2.45, 2.75) is 52.2 Å². The van der Waals surface area contributed by atoms with E-state index in [1.54, 1.807) is 50.5 Å². The number of amides is 1. The molecule has 0 saturated carbocycles. The summed E-state index contributed by atoms with van der Waals surface area (Å²) in [6.45, 7) is 8.41. The van der Waals surface area contributed by atoms with Crippen molar-refractivity contribution in [2.75, 3.05) is 5.32 Å². The lowest BCUT2D eigenvalue weighted by Crippen LogP contribution is -2.53. The average molecular weight is 607 g/mol. The molecular weight excluding hydrogens is 579 g/mol. The number of aromatic nitrogens is 1. The van der Waals surface area contributed by atoms with Gasteiger partial charge in [-0.25, -0.2) is 19.3 Å². The fourth-order valence-electron chi connectivity index (χ4n) is 3.51. The second kappa shape index (κ2) is 10.4. The summed E-state index contributed by atoms with van der Waals surface area (Å²) < 4.78 is 45.0. The minimum absolute atomic E-state index is 0.0282. The number of carbonyl (C=O) groups excluding carboxylic acids is 2. The van der Waals surface area contributed by atoms with Gasteiger partial charge in [-0.2, -0.15) is 0 Å². The van der Waals surface area contributed by atoms with E-state index >= 15 is 0 Å². The number of esters is 1. The summed E-state index contributed by atoms with van der Waals surface area (Å²) >= 11 is 1.29. The predicted octanol–water partition coefficient (Wildman–Crippen LogP) is 5.99. The van der Waals surface area contributed by atoms with Crippen LogP contribution in [-0.4, -0.2) is 39.7 Å². The van der Waals surface area contributed by atoms with Crippen molar-refractivity contribution in [1.29, 1.82) is 0 Å². The summed E-state index contributed by atoms with van der Waals surface area (Å²) in [6, 6.07) is 10.6. The Morgan fingerprint density at radius 1 is 1.05 bits per heavy atom. The molecule has 0 radical (unpaired) electrons. The molecule has 2 aliphatic rings. The first-order valence-electron chi connectivity index (χ1n) is 12.4. The SMILES string of the molecule is CC(C)Oc1cc(Oc2ccc(OC(OO)(OC(=O)C(C)(C)C)C34OP3(=O)O4)cc2)cc(C(=O)Nc2nccs2)c1. The van der Waals surface area contributed by atoms with Gasteiger partial charge in [0.1, 0.15) is 23.0 Å². The summed E-state index contributed by atoms with van der Waals surface area (Å²) in [7, 11) is -3.60. The van der Waals surface area contributed by atoms with E-state index in [1.807, 2.05) is 13.8 Å². The van der Waals surface area contributed by atoms with E-state index in [9.17, 15) is 19.4 Å². The zero-order valence-corrected chi connectivity index (χ0v) is 24.3. The van der Waals surface area contributed by atoms with E-state index in [-0.39, 0.29) is 17.4 Å². The lowest BCUT2D eigenvalue weighted by molar-refractivity contribution is -0.486. The number of hydrogen-bond donors (Lipinski definition) is 2. The van der Waals surface area contributed by atoms with Crippen LogP contribution in [0.25, 0.3) is 0 Å².